The van der Waals surface area contributed by atoms with Gasteiger partial charge in [-0.25, -0.2) is 0 Å². The van der Waals surface area contributed by atoms with Crippen LogP contribution in [0.2, 0.25) is 0 Å². The highest BCUT2D eigenvalue weighted by molar-refractivity contribution is 5.95. The van der Waals surface area contributed by atoms with Gasteiger partial charge in [-0.2, -0.15) is 0 Å². The Morgan fingerprint density at radius 1 is 1.25 bits per heavy atom. The van der Waals surface area contributed by atoms with E-state index < -0.39 is 12.0 Å². The smallest absolute Gasteiger partial charge is 0.252 e. The van der Waals surface area contributed by atoms with Gasteiger partial charge in [0.25, 0.3) is 5.91 Å². The lowest BCUT2D eigenvalue weighted by molar-refractivity contribution is 0.0997. The summed E-state index contributed by atoms with van der Waals surface area (Å²) in [7, 11) is 2.13. The second-order valence-corrected chi connectivity index (χ2v) is 7.68. The van der Waals surface area contributed by atoms with Crippen molar-refractivity contribution in [2.45, 2.75) is 44.4 Å². The maximum Gasteiger partial charge on any atom is 0.252 e. The number of hydrogen-bond acceptors (Lipinski definition) is 5. The van der Waals surface area contributed by atoms with Gasteiger partial charge in [-0.3, -0.25) is 4.79 Å². The molecule has 28 heavy (non-hydrogen) atoms. The van der Waals surface area contributed by atoms with Gasteiger partial charge in [0.2, 0.25) is 0 Å². The molecule has 6 heteroatoms. The maximum atomic E-state index is 11.4. The number of carbonyl (C=O) groups is 1. The molecular formula is C22H29N3O3. The van der Waals surface area contributed by atoms with Crippen molar-refractivity contribution in [2.24, 2.45) is 5.73 Å². The molecular weight excluding hydrogens is 354 g/mol. The number of anilines is 1. The van der Waals surface area contributed by atoms with Gasteiger partial charge in [0.05, 0.1) is 11.7 Å². The Hall–Kier alpha value is -2.57. The number of phenols is 1. The topological polar surface area (TPSA) is 98.8 Å². The van der Waals surface area contributed by atoms with Crippen LogP contribution in [0.1, 0.15) is 46.9 Å². The average molecular weight is 383 g/mol. The van der Waals surface area contributed by atoms with Crippen molar-refractivity contribution in [1.29, 1.82) is 0 Å². The third kappa shape index (κ3) is 4.64. The zero-order valence-corrected chi connectivity index (χ0v) is 16.4. The van der Waals surface area contributed by atoms with E-state index in [1.807, 2.05) is 0 Å². The van der Waals surface area contributed by atoms with Gasteiger partial charge >= 0.3 is 0 Å². The summed E-state index contributed by atoms with van der Waals surface area (Å²) >= 11 is 0. The van der Waals surface area contributed by atoms with Gasteiger partial charge in [-0.1, -0.05) is 23.8 Å². The number of aromatic hydroxyl groups is 1. The Balaban J connectivity index is 1.54. The summed E-state index contributed by atoms with van der Waals surface area (Å²) in [5.41, 5.74) is 8.32. The molecule has 1 aliphatic carbocycles. The number of nitrogens with zero attached hydrogens (tertiary/aromatic N) is 1. The summed E-state index contributed by atoms with van der Waals surface area (Å²) in [6.45, 7) is 2.47. The van der Waals surface area contributed by atoms with Gasteiger partial charge in [-0.05, 0) is 56.0 Å². The Morgan fingerprint density at radius 2 is 1.96 bits per heavy atom. The van der Waals surface area contributed by atoms with Gasteiger partial charge in [0.15, 0.2) is 0 Å². The second-order valence-electron chi connectivity index (χ2n) is 7.68. The minimum Gasteiger partial charge on any atom is -0.507 e. The van der Waals surface area contributed by atoms with E-state index >= 15 is 0 Å². The minimum absolute atomic E-state index is 0.0252. The number of nitrogens with one attached hydrogen (secondary N) is 1. The van der Waals surface area contributed by atoms with Crippen LogP contribution in [0.3, 0.4) is 0 Å². The van der Waals surface area contributed by atoms with E-state index in [-0.39, 0.29) is 11.3 Å². The molecule has 150 valence electrons. The van der Waals surface area contributed by atoms with Crippen LogP contribution in [-0.4, -0.2) is 41.8 Å². The number of aliphatic hydroxyl groups excluding tert-OH is 1. The van der Waals surface area contributed by atoms with Crippen LogP contribution in [0.4, 0.5) is 5.69 Å². The first-order valence-electron chi connectivity index (χ1n) is 9.69. The van der Waals surface area contributed by atoms with Crippen molar-refractivity contribution in [3.63, 3.8) is 0 Å². The van der Waals surface area contributed by atoms with E-state index in [1.165, 1.54) is 23.4 Å². The number of hydrogen-bond donors (Lipinski definition) is 4. The maximum absolute atomic E-state index is 11.4. The van der Waals surface area contributed by atoms with E-state index in [0.717, 1.165) is 19.3 Å². The van der Waals surface area contributed by atoms with Gasteiger partial charge in [0, 0.05) is 31.4 Å². The van der Waals surface area contributed by atoms with E-state index in [1.54, 1.807) is 6.07 Å². The minimum atomic E-state index is -0.771. The lowest BCUT2D eigenvalue weighted by Gasteiger charge is -2.27. The molecule has 0 spiro atoms. The summed E-state index contributed by atoms with van der Waals surface area (Å²) in [6.07, 6.45) is 2.39. The van der Waals surface area contributed by atoms with Crippen LogP contribution in [-0.2, 0) is 0 Å². The molecule has 1 saturated carbocycles. The SMILES string of the molecule is Cc1ccc(N(C)[C@H]2CC[C@H](NCC(O)c3ccc(O)c(C(N)=O)c3)C2)cc1. The summed E-state index contributed by atoms with van der Waals surface area (Å²) in [4.78, 5) is 13.7. The third-order valence-electron chi connectivity index (χ3n) is 5.66. The molecule has 3 rings (SSSR count). The predicted octanol–water partition coefficient (Wildman–Crippen LogP) is 2.48. The van der Waals surface area contributed by atoms with Crippen molar-refractivity contribution >= 4 is 11.6 Å². The molecule has 0 saturated heterocycles. The van der Waals surface area contributed by atoms with Crippen LogP contribution >= 0.6 is 0 Å². The molecule has 2 aromatic carbocycles. The van der Waals surface area contributed by atoms with Crippen molar-refractivity contribution in [3.8, 4) is 5.75 Å². The normalized spacial score (nSPS) is 20.1. The summed E-state index contributed by atoms with van der Waals surface area (Å²) in [5, 5.41) is 23.6. The number of carbonyl (C=O) groups excluding carboxylic acids is 1. The Morgan fingerprint density at radius 3 is 2.64 bits per heavy atom. The molecule has 0 aliphatic heterocycles. The summed E-state index contributed by atoms with van der Waals surface area (Å²) in [5.74, 6) is -0.883. The number of primary amides is 1. The molecule has 2 aromatic rings. The molecule has 1 fully saturated rings. The number of rotatable bonds is 7. The Kier molecular flexibility index (Phi) is 6.21. The molecule has 1 unspecified atom stereocenters. The Bertz CT molecular complexity index is 822. The molecule has 1 amide bonds. The lowest BCUT2D eigenvalue weighted by atomic mass is 10.0. The molecule has 3 atom stereocenters. The van der Waals surface area contributed by atoms with Crippen LogP contribution in [0.15, 0.2) is 42.5 Å². The standard InChI is InChI=1S/C22H29N3O3/c1-14-3-7-17(8-4-14)25(2)18-9-6-16(12-18)24-13-21(27)15-5-10-20(26)19(11-15)22(23)28/h3-5,7-8,10-11,16,18,21,24,26-27H,6,9,12-13H2,1-2H3,(H2,23,28)/t16-,18-,21?/m0/s1. The van der Waals surface area contributed by atoms with Crippen molar-refractivity contribution < 1.29 is 15.0 Å². The lowest BCUT2D eigenvalue weighted by Crippen LogP contribution is -2.34. The molecule has 0 bridgehead atoms. The first kappa shape index (κ1) is 20.2. The quantitative estimate of drug-likeness (QED) is 0.589. The Labute approximate surface area is 166 Å². The predicted molar refractivity (Wildman–Crippen MR) is 111 cm³/mol. The van der Waals surface area contributed by atoms with E-state index in [2.05, 4.69) is 48.5 Å². The second kappa shape index (κ2) is 8.63. The zero-order valence-electron chi connectivity index (χ0n) is 16.4. The number of nitrogens with two attached hydrogens (primary N) is 1. The fourth-order valence-electron chi connectivity index (χ4n) is 3.84. The fourth-order valence-corrected chi connectivity index (χ4v) is 3.84. The van der Waals surface area contributed by atoms with Crippen LogP contribution in [0.5, 0.6) is 5.75 Å². The van der Waals surface area contributed by atoms with Crippen LogP contribution in [0, 0.1) is 6.92 Å². The molecule has 0 aromatic heterocycles. The van der Waals surface area contributed by atoms with Gasteiger partial charge in [-0.15, -0.1) is 0 Å². The van der Waals surface area contributed by atoms with Crippen LogP contribution < -0.4 is 16.0 Å². The highest BCUT2D eigenvalue weighted by Gasteiger charge is 2.28. The summed E-state index contributed by atoms with van der Waals surface area (Å²) in [6, 6.07) is 13.8. The molecule has 6 nitrogen and oxygen atoms in total. The number of benzene rings is 2. The first-order valence-corrected chi connectivity index (χ1v) is 9.69. The van der Waals surface area contributed by atoms with Crippen LogP contribution in [0.25, 0.3) is 0 Å². The van der Waals surface area contributed by atoms with Crippen molar-refractivity contribution in [3.05, 3.63) is 59.2 Å². The zero-order chi connectivity index (χ0) is 20.3. The van der Waals surface area contributed by atoms with E-state index in [4.69, 9.17) is 5.73 Å². The molecule has 1 aliphatic rings. The highest BCUT2D eigenvalue weighted by Crippen LogP contribution is 2.28. The number of aryl methyl sites for hydroxylation is 1. The van der Waals surface area contributed by atoms with Crippen molar-refractivity contribution in [2.75, 3.05) is 18.5 Å². The molecule has 5 N–H and O–H groups in total. The van der Waals surface area contributed by atoms with Gasteiger partial charge < -0.3 is 26.2 Å². The largest absolute Gasteiger partial charge is 0.507 e. The molecule has 0 heterocycles. The summed E-state index contributed by atoms with van der Waals surface area (Å²) < 4.78 is 0. The van der Waals surface area contributed by atoms with E-state index in [0.29, 0.717) is 24.2 Å². The number of amides is 1. The van der Waals surface area contributed by atoms with Crippen molar-refractivity contribution in [1.82, 2.24) is 5.32 Å². The fraction of sp³-hybridized carbons (Fsp3) is 0.409. The first-order chi connectivity index (χ1) is 13.3. The third-order valence-corrected chi connectivity index (χ3v) is 5.66. The molecule has 0 radical (unpaired) electrons. The number of aliphatic hydroxyl groups is 1. The van der Waals surface area contributed by atoms with E-state index in [9.17, 15) is 15.0 Å². The van der Waals surface area contributed by atoms with Gasteiger partial charge in [0.1, 0.15) is 5.75 Å². The average Bonchev–Trinajstić information content (AvgIpc) is 3.15. The highest BCUT2D eigenvalue weighted by atomic mass is 16.3. The monoisotopic (exact) mass is 383 g/mol.